The minimum absolute atomic E-state index is 0.143. The van der Waals surface area contributed by atoms with E-state index in [0.717, 1.165) is 22.2 Å². The van der Waals surface area contributed by atoms with E-state index < -0.39 is 0 Å². The van der Waals surface area contributed by atoms with Crippen LogP contribution in [0.4, 0.5) is 0 Å². The average Bonchev–Trinajstić information content (AvgIpc) is 3.11. The molecule has 4 aromatic rings. The number of hydrogen-bond donors (Lipinski definition) is 2. The first-order valence-corrected chi connectivity index (χ1v) is 8.79. The van der Waals surface area contributed by atoms with Crippen LogP contribution in [0.2, 0.25) is 0 Å². The predicted molar refractivity (Wildman–Crippen MR) is 106 cm³/mol. The Labute approximate surface area is 156 Å². The van der Waals surface area contributed by atoms with Crippen molar-refractivity contribution in [3.63, 3.8) is 0 Å². The summed E-state index contributed by atoms with van der Waals surface area (Å²) in [5, 5.41) is 3.91. The van der Waals surface area contributed by atoms with E-state index in [1.165, 1.54) is 0 Å². The van der Waals surface area contributed by atoms with Crippen LogP contribution in [0.15, 0.2) is 83.8 Å². The normalized spacial score (nSPS) is 10.8. The third kappa shape index (κ3) is 3.67. The highest BCUT2D eigenvalue weighted by Crippen LogP contribution is 2.14. The van der Waals surface area contributed by atoms with Gasteiger partial charge >= 0.3 is 0 Å². The Kier molecular flexibility index (Phi) is 4.58. The van der Waals surface area contributed by atoms with Crippen molar-refractivity contribution in [2.75, 3.05) is 0 Å². The number of fused-ring (bicyclic) bond motifs is 1. The molecule has 2 aromatic heterocycles. The minimum Gasteiger partial charge on any atom is -0.357 e. The molecule has 2 aromatic carbocycles. The number of benzene rings is 2. The van der Waals surface area contributed by atoms with E-state index in [2.05, 4.69) is 10.3 Å². The Balaban J connectivity index is 1.50. The Morgan fingerprint density at radius 1 is 0.963 bits per heavy atom. The van der Waals surface area contributed by atoms with Gasteiger partial charge in [0.25, 0.3) is 11.5 Å². The maximum Gasteiger partial charge on any atom is 0.263 e. The zero-order valence-electron chi connectivity index (χ0n) is 14.7. The Bertz CT molecular complexity index is 1110. The first-order chi connectivity index (χ1) is 13.2. The molecule has 0 unspecified atom stereocenters. The van der Waals surface area contributed by atoms with Crippen molar-refractivity contribution in [2.45, 2.75) is 13.1 Å². The fraction of sp³-hybridized carbons (Fsp3) is 0.0909. The largest absolute Gasteiger partial charge is 0.357 e. The van der Waals surface area contributed by atoms with Gasteiger partial charge in [-0.3, -0.25) is 9.59 Å². The van der Waals surface area contributed by atoms with Crippen molar-refractivity contribution in [3.05, 3.63) is 106 Å². The summed E-state index contributed by atoms with van der Waals surface area (Å²) in [7, 11) is 0. The molecule has 0 fully saturated rings. The number of carbonyl (C=O) groups excluding carboxylic acids is 1. The second-order valence-corrected chi connectivity index (χ2v) is 6.41. The van der Waals surface area contributed by atoms with Crippen molar-refractivity contribution < 1.29 is 4.79 Å². The molecular weight excluding hydrogens is 338 g/mol. The molecule has 0 saturated carbocycles. The Morgan fingerprint density at radius 2 is 1.74 bits per heavy atom. The summed E-state index contributed by atoms with van der Waals surface area (Å²) >= 11 is 0. The Hall–Kier alpha value is -3.60. The molecule has 2 N–H and O–H groups in total. The number of hydrogen-bond acceptors (Lipinski definition) is 2. The molecule has 134 valence electrons. The lowest BCUT2D eigenvalue weighted by Gasteiger charge is -2.08. The van der Waals surface area contributed by atoms with Gasteiger partial charge in [0.05, 0.1) is 13.1 Å². The second-order valence-electron chi connectivity index (χ2n) is 6.41. The molecule has 0 aliphatic rings. The van der Waals surface area contributed by atoms with Crippen LogP contribution < -0.4 is 10.9 Å². The van der Waals surface area contributed by atoms with Crippen molar-refractivity contribution in [2.24, 2.45) is 0 Å². The van der Waals surface area contributed by atoms with Crippen LogP contribution in [-0.4, -0.2) is 15.5 Å². The second kappa shape index (κ2) is 7.33. The summed E-state index contributed by atoms with van der Waals surface area (Å²) in [6.45, 7) is 0.767. The molecule has 0 radical (unpaired) electrons. The summed E-state index contributed by atoms with van der Waals surface area (Å²) in [5.74, 6) is -0.374. The maximum atomic E-state index is 12.7. The van der Waals surface area contributed by atoms with Crippen molar-refractivity contribution in [3.8, 4) is 0 Å². The van der Waals surface area contributed by atoms with Crippen LogP contribution in [-0.2, 0) is 13.1 Å². The number of para-hydroxylation sites is 1. The molecule has 0 aliphatic heterocycles. The van der Waals surface area contributed by atoms with Gasteiger partial charge in [-0.25, -0.2) is 0 Å². The first kappa shape index (κ1) is 16.8. The molecule has 0 bridgehead atoms. The molecule has 0 saturated heterocycles. The molecule has 5 nitrogen and oxygen atoms in total. The fourth-order valence-corrected chi connectivity index (χ4v) is 3.11. The molecular formula is C22H19N3O2. The van der Waals surface area contributed by atoms with Crippen LogP contribution in [0.5, 0.6) is 0 Å². The van der Waals surface area contributed by atoms with E-state index in [0.29, 0.717) is 13.1 Å². The lowest BCUT2D eigenvalue weighted by molar-refractivity contribution is 0.0948. The van der Waals surface area contributed by atoms with Crippen LogP contribution in [0, 0.1) is 0 Å². The standard InChI is InChI=1S/C22H19N3O2/c26-21(23-14-18-13-17-9-4-5-11-20(17)24-18)19-10-6-12-25(22(19)27)15-16-7-2-1-3-8-16/h1-13,24H,14-15H2,(H,23,26). The van der Waals surface area contributed by atoms with Gasteiger partial charge in [-0.1, -0.05) is 48.5 Å². The predicted octanol–water partition coefficient (Wildman–Crippen LogP) is 3.31. The fourth-order valence-electron chi connectivity index (χ4n) is 3.11. The lowest BCUT2D eigenvalue weighted by Crippen LogP contribution is -2.32. The number of rotatable bonds is 5. The van der Waals surface area contributed by atoms with Gasteiger partial charge in [-0.05, 0) is 35.2 Å². The van der Waals surface area contributed by atoms with E-state index in [1.807, 2.05) is 60.7 Å². The number of amides is 1. The lowest BCUT2D eigenvalue weighted by atomic mass is 10.2. The highest BCUT2D eigenvalue weighted by Gasteiger charge is 2.12. The van der Waals surface area contributed by atoms with Crippen LogP contribution in [0.1, 0.15) is 21.6 Å². The van der Waals surface area contributed by atoms with Crippen molar-refractivity contribution in [1.82, 2.24) is 14.9 Å². The molecule has 2 heterocycles. The highest BCUT2D eigenvalue weighted by atomic mass is 16.2. The zero-order chi connectivity index (χ0) is 18.6. The van der Waals surface area contributed by atoms with E-state index in [-0.39, 0.29) is 17.0 Å². The Morgan fingerprint density at radius 3 is 2.56 bits per heavy atom. The summed E-state index contributed by atoms with van der Waals surface area (Å²) < 4.78 is 1.55. The van der Waals surface area contributed by atoms with Gasteiger partial charge in [0, 0.05) is 17.4 Å². The summed E-state index contributed by atoms with van der Waals surface area (Å²) in [6.07, 6.45) is 1.70. The molecule has 5 heteroatoms. The van der Waals surface area contributed by atoms with Crippen molar-refractivity contribution in [1.29, 1.82) is 0 Å². The zero-order valence-corrected chi connectivity index (χ0v) is 14.7. The number of aromatic nitrogens is 2. The third-order valence-corrected chi connectivity index (χ3v) is 4.49. The smallest absolute Gasteiger partial charge is 0.263 e. The molecule has 4 rings (SSSR count). The quantitative estimate of drug-likeness (QED) is 0.575. The minimum atomic E-state index is -0.374. The van der Waals surface area contributed by atoms with Gasteiger partial charge in [-0.15, -0.1) is 0 Å². The summed E-state index contributed by atoms with van der Waals surface area (Å²) in [6, 6.07) is 22.9. The number of H-pyrrole nitrogens is 1. The van der Waals surface area contributed by atoms with E-state index in [1.54, 1.807) is 22.9 Å². The van der Waals surface area contributed by atoms with E-state index in [9.17, 15) is 9.59 Å². The molecule has 0 atom stereocenters. The van der Waals surface area contributed by atoms with Crippen LogP contribution >= 0.6 is 0 Å². The number of nitrogens with one attached hydrogen (secondary N) is 2. The van der Waals surface area contributed by atoms with Gasteiger partial charge in [-0.2, -0.15) is 0 Å². The monoisotopic (exact) mass is 357 g/mol. The third-order valence-electron chi connectivity index (χ3n) is 4.49. The number of nitrogens with zero attached hydrogens (tertiary/aromatic N) is 1. The average molecular weight is 357 g/mol. The molecule has 27 heavy (non-hydrogen) atoms. The van der Waals surface area contributed by atoms with Gasteiger partial charge in [0.15, 0.2) is 0 Å². The van der Waals surface area contributed by atoms with Gasteiger partial charge in [0.1, 0.15) is 5.56 Å². The summed E-state index contributed by atoms with van der Waals surface area (Å²) in [4.78, 5) is 28.4. The molecule has 0 spiro atoms. The van der Waals surface area contributed by atoms with Crippen molar-refractivity contribution >= 4 is 16.8 Å². The number of pyridine rings is 1. The SMILES string of the molecule is O=C(NCc1cc2ccccc2[nH]1)c1cccn(Cc2ccccc2)c1=O. The molecule has 1 amide bonds. The maximum absolute atomic E-state index is 12.7. The topological polar surface area (TPSA) is 66.9 Å². The first-order valence-electron chi connectivity index (χ1n) is 8.79. The highest BCUT2D eigenvalue weighted by molar-refractivity contribution is 5.93. The van der Waals surface area contributed by atoms with Crippen LogP contribution in [0.3, 0.4) is 0 Å². The van der Waals surface area contributed by atoms with Gasteiger partial charge < -0.3 is 14.9 Å². The van der Waals surface area contributed by atoms with Gasteiger partial charge in [0.2, 0.25) is 0 Å². The summed E-state index contributed by atoms with van der Waals surface area (Å²) in [5.41, 5.74) is 2.77. The van der Waals surface area contributed by atoms with E-state index in [4.69, 9.17) is 0 Å². The van der Waals surface area contributed by atoms with E-state index >= 15 is 0 Å². The number of aromatic amines is 1. The molecule has 0 aliphatic carbocycles. The van der Waals surface area contributed by atoms with Crippen LogP contribution in [0.25, 0.3) is 10.9 Å². The number of carbonyl (C=O) groups is 1.